The van der Waals surface area contributed by atoms with Crippen LogP contribution in [0.15, 0.2) is 188 Å². The molecular formula is C58H44N2. The van der Waals surface area contributed by atoms with Gasteiger partial charge in [-0.2, -0.15) is 0 Å². The molecule has 2 unspecified atom stereocenters. The van der Waals surface area contributed by atoms with Gasteiger partial charge in [0.05, 0.1) is 16.6 Å². The van der Waals surface area contributed by atoms with E-state index in [-0.39, 0.29) is 0 Å². The minimum atomic E-state index is 0.370. The van der Waals surface area contributed by atoms with Crippen LogP contribution in [0, 0.1) is 5.92 Å². The third-order valence-electron chi connectivity index (χ3n) is 13.1. The molecule has 0 fully saturated rings. The van der Waals surface area contributed by atoms with E-state index < -0.39 is 0 Å². The third kappa shape index (κ3) is 5.48. The van der Waals surface area contributed by atoms with Crippen LogP contribution in [0.2, 0.25) is 0 Å². The zero-order chi connectivity index (χ0) is 39.9. The first-order valence-electron chi connectivity index (χ1n) is 21.5. The maximum Gasteiger partial charge on any atom is 0.0547 e. The van der Waals surface area contributed by atoms with Crippen LogP contribution in [0.4, 0.5) is 0 Å². The standard InChI is InChI=1S/C58H44N2/c1-37-15-13-21-45(29-37)59-55-26-12-11-24-49(55)54-36-52-44(35-57(54)59)34-51(47-22-9-10-23-48(47)52)41-27-28-56-53(33-41)50-25-14-16-38(2)58(50)60(56)46-31-42(39-17-5-3-6-18-39)30-43(32-46)40-19-7-4-8-20-40/h3-14,17-38H,15-16H2,1-2H3. The van der Waals surface area contributed by atoms with Crippen LogP contribution in [0.1, 0.15) is 43.9 Å². The molecule has 0 aliphatic heterocycles. The lowest BCUT2D eigenvalue weighted by Crippen LogP contribution is -2.07. The van der Waals surface area contributed by atoms with Crippen LogP contribution in [-0.4, -0.2) is 9.13 Å². The summed E-state index contributed by atoms with van der Waals surface area (Å²) in [5.41, 5.74) is 16.3. The van der Waals surface area contributed by atoms with E-state index in [1.807, 2.05) is 0 Å². The number of para-hydroxylation sites is 1. The van der Waals surface area contributed by atoms with Gasteiger partial charge < -0.3 is 9.13 Å². The minimum Gasteiger partial charge on any atom is -0.313 e. The van der Waals surface area contributed by atoms with Crippen molar-refractivity contribution in [3.05, 3.63) is 199 Å². The number of fused-ring (bicyclic) bond motifs is 9. The van der Waals surface area contributed by atoms with Gasteiger partial charge in [-0.15, -0.1) is 0 Å². The molecule has 2 heterocycles. The molecule has 2 nitrogen and oxygen atoms in total. The summed E-state index contributed by atoms with van der Waals surface area (Å²) in [5.74, 6) is 0.874. The largest absolute Gasteiger partial charge is 0.313 e. The molecular weight excluding hydrogens is 725 g/mol. The highest BCUT2D eigenvalue weighted by molar-refractivity contribution is 6.21. The summed E-state index contributed by atoms with van der Waals surface area (Å²) in [6.07, 6.45) is 13.9. The average molecular weight is 769 g/mol. The Balaban J connectivity index is 1.09. The fourth-order valence-electron chi connectivity index (χ4n) is 10.3. The van der Waals surface area contributed by atoms with E-state index in [9.17, 15) is 0 Å². The van der Waals surface area contributed by atoms with Gasteiger partial charge in [0, 0.05) is 44.7 Å². The SMILES string of the molecule is CC1C=C(n2c3ccccc3c3cc4c(cc(-c5ccc6c(c5)c5c(n6-c6cc(-c7ccccc7)cc(-c7ccccc7)c6)C(C)CC=C5)c5ccccc54)cc32)C=CC1. The number of hydrogen-bond donors (Lipinski definition) is 0. The highest BCUT2D eigenvalue weighted by Gasteiger charge is 2.25. The Labute approximate surface area is 350 Å². The molecule has 60 heavy (non-hydrogen) atoms. The molecule has 0 spiro atoms. The van der Waals surface area contributed by atoms with Gasteiger partial charge >= 0.3 is 0 Å². The third-order valence-corrected chi connectivity index (χ3v) is 13.1. The van der Waals surface area contributed by atoms with Gasteiger partial charge in [0.2, 0.25) is 0 Å². The van der Waals surface area contributed by atoms with Gasteiger partial charge in [0.1, 0.15) is 0 Å². The molecule has 0 saturated carbocycles. The van der Waals surface area contributed by atoms with E-state index in [1.54, 1.807) is 0 Å². The molecule has 0 saturated heterocycles. The molecule has 2 aromatic heterocycles. The summed E-state index contributed by atoms with van der Waals surface area (Å²) >= 11 is 0. The van der Waals surface area contributed by atoms with Crippen molar-refractivity contribution in [1.82, 2.24) is 9.13 Å². The Morgan fingerprint density at radius 3 is 1.85 bits per heavy atom. The Hall–Kier alpha value is -7.16. The molecule has 2 aliphatic carbocycles. The summed E-state index contributed by atoms with van der Waals surface area (Å²) in [6.45, 7) is 4.70. The van der Waals surface area contributed by atoms with E-state index >= 15 is 0 Å². The van der Waals surface area contributed by atoms with Crippen LogP contribution in [0.5, 0.6) is 0 Å². The second kappa shape index (κ2) is 13.7. The molecule has 2 atom stereocenters. The second-order valence-electron chi connectivity index (χ2n) is 17.0. The van der Waals surface area contributed by atoms with Crippen LogP contribution in [0.3, 0.4) is 0 Å². The highest BCUT2D eigenvalue weighted by Crippen LogP contribution is 2.45. The molecule has 2 aliphatic rings. The van der Waals surface area contributed by atoms with Crippen LogP contribution in [0.25, 0.3) is 105 Å². The van der Waals surface area contributed by atoms with Gasteiger partial charge in [-0.25, -0.2) is 0 Å². The smallest absolute Gasteiger partial charge is 0.0547 e. The van der Waals surface area contributed by atoms with E-state index in [0.717, 1.165) is 12.8 Å². The lowest BCUT2D eigenvalue weighted by molar-refractivity contribution is 0.723. The quantitative estimate of drug-likeness (QED) is 0.154. The second-order valence-corrected chi connectivity index (χ2v) is 17.0. The summed E-state index contributed by atoms with van der Waals surface area (Å²) in [5, 5.41) is 9.00. The van der Waals surface area contributed by atoms with Gasteiger partial charge in [0.25, 0.3) is 0 Å². The average Bonchev–Trinajstić information content (AvgIpc) is 3.81. The van der Waals surface area contributed by atoms with Gasteiger partial charge in [-0.05, 0) is 134 Å². The predicted molar refractivity (Wildman–Crippen MR) is 257 cm³/mol. The van der Waals surface area contributed by atoms with Gasteiger partial charge in [-0.1, -0.05) is 147 Å². The zero-order valence-corrected chi connectivity index (χ0v) is 33.9. The molecule has 10 aromatic rings. The summed E-state index contributed by atoms with van der Waals surface area (Å²) < 4.78 is 5.04. The van der Waals surface area contributed by atoms with Crippen LogP contribution in [-0.2, 0) is 0 Å². The molecule has 0 amide bonds. The molecule has 2 heteroatoms. The Morgan fingerprint density at radius 1 is 0.433 bits per heavy atom. The van der Waals surface area contributed by atoms with Crippen molar-refractivity contribution in [2.45, 2.75) is 32.6 Å². The Bertz CT molecular complexity index is 3390. The maximum atomic E-state index is 2.56. The first-order valence-corrected chi connectivity index (χ1v) is 21.5. The van der Waals surface area contributed by atoms with Crippen molar-refractivity contribution < 1.29 is 0 Å². The Kier molecular flexibility index (Phi) is 7.96. The van der Waals surface area contributed by atoms with Crippen molar-refractivity contribution in [3.8, 4) is 39.1 Å². The lowest BCUT2D eigenvalue weighted by atomic mass is 9.90. The van der Waals surface area contributed by atoms with E-state index in [4.69, 9.17) is 0 Å². The van der Waals surface area contributed by atoms with Crippen molar-refractivity contribution in [2.24, 2.45) is 5.92 Å². The molecule has 0 N–H and O–H groups in total. The summed E-state index contributed by atoms with van der Waals surface area (Å²) in [4.78, 5) is 0. The number of nitrogens with zero attached hydrogens (tertiary/aromatic N) is 2. The van der Waals surface area contributed by atoms with Crippen molar-refractivity contribution in [2.75, 3.05) is 0 Å². The van der Waals surface area contributed by atoms with Gasteiger partial charge in [0.15, 0.2) is 0 Å². The molecule has 286 valence electrons. The van der Waals surface area contributed by atoms with E-state index in [2.05, 4.69) is 217 Å². The molecule has 8 aromatic carbocycles. The lowest BCUT2D eigenvalue weighted by Gasteiger charge is -2.21. The van der Waals surface area contributed by atoms with E-state index in [0.29, 0.717) is 11.8 Å². The first-order chi connectivity index (χ1) is 29.6. The minimum absolute atomic E-state index is 0.370. The van der Waals surface area contributed by atoms with E-state index in [1.165, 1.54) is 110 Å². The summed E-state index contributed by atoms with van der Waals surface area (Å²) in [7, 11) is 0. The molecule has 0 radical (unpaired) electrons. The van der Waals surface area contributed by atoms with Crippen molar-refractivity contribution >= 4 is 66.0 Å². The van der Waals surface area contributed by atoms with Crippen LogP contribution < -0.4 is 0 Å². The first kappa shape index (κ1) is 34.8. The normalized spacial score (nSPS) is 16.3. The molecule has 0 bridgehead atoms. The fourth-order valence-corrected chi connectivity index (χ4v) is 10.3. The summed E-state index contributed by atoms with van der Waals surface area (Å²) in [6, 6.07) is 61.2. The number of hydrogen-bond acceptors (Lipinski definition) is 0. The number of aromatic nitrogens is 2. The maximum absolute atomic E-state index is 2.56. The number of allylic oxidation sites excluding steroid dienone is 5. The van der Waals surface area contributed by atoms with Gasteiger partial charge in [-0.3, -0.25) is 0 Å². The monoisotopic (exact) mass is 768 g/mol. The predicted octanol–water partition coefficient (Wildman–Crippen LogP) is 16.0. The van der Waals surface area contributed by atoms with Crippen LogP contribution >= 0.6 is 0 Å². The fraction of sp³-hybridized carbons (Fsp3) is 0.103. The van der Waals surface area contributed by atoms with Crippen molar-refractivity contribution in [3.63, 3.8) is 0 Å². The topological polar surface area (TPSA) is 9.86 Å². The Morgan fingerprint density at radius 2 is 1.10 bits per heavy atom. The number of benzene rings is 8. The highest BCUT2D eigenvalue weighted by atomic mass is 15.0. The number of rotatable bonds is 5. The zero-order valence-electron chi connectivity index (χ0n) is 33.9. The molecule has 12 rings (SSSR count). The van der Waals surface area contributed by atoms with Crippen molar-refractivity contribution in [1.29, 1.82) is 0 Å².